The van der Waals surface area contributed by atoms with Gasteiger partial charge in [0.2, 0.25) is 0 Å². The largest absolute Gasteiger partial charge is 0.496 e. The van der Waals surface area contributed by atoms with Gasteiger partial charge in [-0.05, 0) is 38.0 Å². The Morgan fingerprint density at radius 3 is 2.62 bits per heavy atom. The van der Waals surface area contributed by atoms with E-state index in [1.807, 2.05) is 0 Å². The maximum absolute atomic E-state index is 12.4. The third-order valence-corrected chi connectivity index (χ3v) is 6.13. The lowest BCUT2D eigenvalue weighted by molar-refractivity contribution is 0.0697. The first-order valence-corrected chi connectivity index (χ1v) is 9.00. The molecule has 2 aromatic rings. The van der Waals surface area contributed by atoms with E-state index in [2.05, 4.69) is 4.98 Å². The van der Waals surface area contributed by atoms with E-state index in [0.717, 1.165) is 12.8 Å². The SMILES string of the molecule is COc1cc(S(=O)C2CC2)c(Cl)cc1-c1cc(C)ncc1C(=O)O. The molecule has 0 saturated heterocycles. The Kier molecular flexibility index (Phi) is 4.60. The maximum Gasteiger partial charge on any atom is 0.337 e. The van der Waals surface area contributed by atoms with Gasteiger partial charge >= 0.3 is 5.97 Å². The van der Waals surface area contributed by atoms with Crippen LogP contribution in [0.15, 0.2) is 29.3 Å². The van der Waals surface area contributed by atoms with Crippen molar-refractivity contribution in [2.24, 2.45) is 0 Å². The molecular formula is C17H16ClNO4S. The molecule has 0 aliphatic heterocycles. The lowest BCUT2D eigenvalue weighted by Gasteiger charge is -2.14. The van der Waals surface area contributed by atoms with Crippen molar-refractivity contribution in [1.29, 1.82) is 0 Å². The van der Waals surface area contributed by atoms with Gasteiger partial charge < -0.3 is 9.84 Å². The second-order valence-corrected chi connectivity index (χ2v) is 7.76. The van der Waals surface area contributed by atoms with Crippen LogP contribution in [0.5, 0.6) is 5.75 Å². The van der Waals surface area contributed by atoms with Gasteiger partial charge in [-0.3, -0.25) is 9.19 Å². The van der Waals surface area contributed by atoms with Crippen molar-refractivity contribution in [1.82, 2.24) is 4.98 Å². The van der Waals surface area contributed by atoms with Crippen LogP contribution in [0.1, 0.15) is 28.9 Å². The Morgan fingerprint density at radius 2 is 2.04 bits per heavy atom. The zero-order chi connectivity index (χ0) is 17.4. The number of carboxylic acids is 1. The molecule has 1 heterocycles. The lowest BCUT2D eigenvalue weighted by atomic mass is 9.99. The monoisotopic (exact) mass is 365 g/mol. The van der Waals surface area contributed by atoms with Crippen molar-refractivity contribution in [2.45, 2.75) is 29.9 Å². The first kappa shape index (κ1) is 16.9. The number of methoxy groups -OCH3 is 1. The second kappa shape index (κ2) is 6.53. The highest BCUT2D eigenvalue weighted by Gasteiger charge is 2.31. The zero-order valence-electron chi connectivity index (χ0n) is 13.2. The molecule has 1 unspecified atom stereocenters. The van der Waals surface area contributed by atoms with Crippen LogP contribution < -0.4 is 4.74 Å². The number of nitrogens with zero attached hydrogens (tertiary/aromatic N) is 1. The Hall–Kier alpha value is -1.92. The average Bonchev–Trinajstić information content (AvgIpc) is 3.38. The van der Waals surface area contributed by atoms with E-state index in [4.69, 9.17) is 16.3 Å². The quantitative estimate of drug-likeness (QED) is 0.874. The zero-order valence-corrected chi connectivity index (χ0v) is 14.8. The van der Waals surface area contributed by atoms with Gasteiger partial charge in [-0.2, -0.15) is 0 Å². The molecule has 1 aromatic heterocycles. The van der Waals surface area contributed by atoms with Crippen LogP contribution in [0.4, 0.5) is 0 Å². The van der Waals surface area contributed by atoms with Gasteiger partial charge in [-0.25, -0.2) is 4.79 Å². The van der Waals surface area contributed by atoms with Gasteiger partial charge in [0.05, 0.1) is 33.4 Å². The molecule has 5 nitrogen and oxygen atoms in total. The number of carboxylic acid groups (broad SMARTS) is 1. The van der Waals surface area contributed by atoms with E-state index in [9.17, 15) is 14.1 Å². The third kappa shape index (κ3) is 3.16. The number of aromatic carboxylic acids is 1. The Labute approximate surface area is 147 Å². The number of benzene rings is 1. The fraction of sp³-hybridized carbons (Fsp3) is 0.294. The molecular weight excluding hydrogens is 350 g/mol. The molecule has 0 bridgehead atoms. The van der Waals surface area contributed by atoms with Crippen molar-refractivity contribution >= 4 is 28.4 Å². The minimum Gasteiger partial charge on any atom is -0.496 e. The van der Waals surface area contributed by atoms with Gasteiger partial charge in [-0.15, -0.1) is 0 Å². The van der Waals surface area contributed by atoms with Crippen LogP contribution in [0.3, 0.4) is 0 Å². The summed E-state index contributed by atoms with van der Waals surface area (Å²) in [6.45, 7) is 1.78. The number of carbonyl (C=O) groups is 1. The van der Waals surface area contributed by atoms with Crippen LogP contribution in [0.25, 0.3) is 11.1 Å². The lowest BCUT2D eigenvalue weighted by Crippen LogP contribution is -2.04. The van der Waals surface area contributed by atoms with Crippen molar-refractivity contribution in [3.63, 3.8) is 0 Å². The highest BCUT2D eigenvalue weighted by molar-refractivity contribution is 7.86. The van der Waals surface area contributed by atoms with Crippen molar-refractivity contribution in [3.05, 3.63) is 40.7 Å². The molecule has 3 rings (SSSR count). The van der Waals surface area contributed by atoms with Crippen LogP contribution in [-0.2, 0) is 10.8 Å². The average molecular weight is 366 g/mol. The fourth-order valence-corrected chi connectivity index (χ4v) is 4.27. The summed E-state index contributed by atoms with van der Waals surface area (Å²) in [4.78, 5) is 16.1. The van der Waals surface area contributed by atoms with Crippen LogP contribution in [-0.4, -0.2) is 32.6 Å². The number of halogens is 1. The van der Waals surface area contributed by atoms with E-state index in [0.29, 0.717) is 32.5 Å². The van der Waals surface area contributed by atoms with E-state index in [-0.39, 0.29) is 10.8 Å². The summed E-state index contributed by atoms with van der Waals surface area (Å²) in [5, 5.41) is 9.91. The Bertz CT molecular complexity index is 849. The molecule has 0 radical (unpaired) electrons. The molecule has 7 heteroatoms. The van der Waals surface area contributed by atoms with Gasteiger partial charge in [0, 0.05) is 28.3 Å². The highest BCUT2D eigenvalue weighted by Crippen LogP contribution is 2.40. The molecule has 126 valence electrons. The smallest absolute Gasteiger partial charge is 0.337 e. The topological polar surface area (TPSA) is 76.5 Å². The van der Waals surface area contributed by atoms with Crippen molar-refractivity contribution in [2.75, 3.05) is 7.11 Å². The minimum atomic E-state index is -1.17. The highest BCUT2D eigenvalue weighted by atomic mass is 35.5. The number of pyridine rings is 1. The second-order valence-electron chi connectivity index (χ2n) is 5.66. The first-order chi connectivity index (χ1) is 11.4. The van der Waals surface area contributed by atoms with Gasteiger partial charge in [0.15, 0.2) is 0 Å². The third-order valence-electron chi connectivity index (χ3n) is 3.86. The summed E-state index contributed by atoms with van der Waals surface area (Å²) in [7, 11) is 0.320. The summed E-state index contributed by atoms with van der Waals surface area (Å²) in [5.41, 5.74) is 1.75. The number of ether oxygens (including phenoxy) is 1. The maximum atomic E-state index is 12.4. The number of aromatic nitrogens is 1. The number of hydrogen-bond acceptors (Lipinski definition) is 4. The van der Waals surface area contributed by atoms with Crippen LogP contribution in [0, 0.1) is 6.92 Å². The summed E-state index contributed by atoms with van der Waals surface area (Å²) in [5.74, 6) is -0.641. The molecule has 1 saturated carbocycles. The van der Waals surface area contributed by atoms with E-state index < -0.39 is 16.8 Å². The van der Waals surface area contributed by atoms with E-state index >= 15 is 0 Å². The van der Waals surface area contributed by atoms with Crippen molar-refractivity contribution < 1.29 is 18.8 Å². The fourth-order valence-electron chi connectivity index (χ4n) is 2.48. The number of aryl methyl sites for hydroxylation is 1. The molecule has 1 aromatic carbocycles. The summed E-state index contributed by atoms with van der Waals surface area (Å²) < 4.78 is 17.9. The predicted octanol–water partition coefficient (Wildman–Crippen LogP) is 3.69. The molecule has 1 fully saturated rings. The van der Waals surface area contributed by atoms with E-state index in [1.54, 1.807) is 25.1 Å². The Morgan fingerprint density at radius 1 is 1.33 bits per heavy atom. The standard InChI is InChI=1S/C17H16ClNO4S/c1-9-5-11(13(8-19-9)17(20)21)12-6-14(18)16(7-15(12)23-2)24(22)10-3-4-10/h5-8,10H,3-4H2,1-2H3,(H,20,21). The molecule has 0 amide bonds. The molecule has 24 heavy (non-hydrogen) atoms. The van der Waals surface area contributed by atoms with Crippen LogP contribution >= 0.6 is 11.6 Å². The normalized spacial score (nSPS) is 15.1. The van der Waals surface area contributed by atoms with Gasteiger partial charge in [-0.1, -0.05) is 11.6 Å². The molecule has 1 N–H and O–H groups in total. The number of rotatable bonds is 5. The predicted molar refractivity (Wildman–Crippen MR) is 92.4 cm³/mol. The summed E-state index contributed by atoms with van der Waals surface area (Å²) >= 11 is 6.33. The summed E-state index contributed by atoms with van der Waals surface area (Å²) in [6, 6.07) is 4.94. The first-order valence-electron chi connectivity index (χ1n) is 7.40. The molecule has 1 aliphatic rings. The molecule has 0 spiro atoms. The van der Waals surface area contributed by atoms with E-state index in [1.165, 1.54) is 13.3 Å². The molecule has 1 aliphatic carbocycles. The minimum absolute atomic E-state index is 0.0611. The van der Waals surface area contributed by atoms with Gasteiger partial charge in [0.25, 0.3) is 0 Å². The number of hydrogen-bond donors (Lipinski definition) is 1. The van der Waals surface area contributed by atoms with Crippen LogP contribution in [0.2, 0.25) is 5.02 Å². The summed E-state index contributed by atoms with van der Waals surface area (Å²) in [6.07, 6.45) is 3.18. The molecule has 1 atom stereocenters. The van der Waals surface area contributed by atoms with Crippen molar-refractivity contribution in [3.8, 4) is 16.9 Å². The Balaban J connectivity index is 2.18. The van der Waals surface area contributed by atoms with Gasteiger partial charge in [0.1, 0.15) is 5.75 Å².